The molecule has 13 heavy (non-hydrogen) atoms. The van der Waals surface area contributed by atoms with Crippen molar-refractivity contribution >= 4 is 23.3 Å². The van der Waals surface area contributed by atoms with Gasteiger partial charge in [-0.1, -0.05) is 17.7 Å². The van der Waals surface area contributed by atoms with Gasteiger partial charge in [-0.05, 0) is 10.9 Å². The van der Waals surface area contributed by atoms with Crippen LogP contribution in [0.2, 0.25) is 5.02 Å². The molecule has 1 rings (SSSR count). The van der Waals surface area contributed by atoms with E-state index in [4.69, 9.17) is 11.6 Å². The lowest BCUT2D eigenvalue weighted by atomic mass is 10.3. The molecular weight excluding hydrogens is 194 g/mol. The molecule has 0 aliphatic carbocycles. The van der Waals surface area contributed by atoms with Crippen molar-refractivity contribution in [3.8, 4) is 0 Å². The van der Waals surface area contributed by atoms with E-state index in [0.29, 0.717) is 5.02 Å². The van der Waals surface area contributed by atoms with Gasteiger partial charge in [-0.15, -0.1) is 0 Å². The fourth-order valence-corrected chi connectivity index (χ4v) is 0.927. The van der Waals surface area contributed by atoms with Gasteiger partial charge in [0.1, 0.15) is 0 Å². The number of hydrogen-bond acceptors (Lipinski definition) is 2. The third-order valence-electron chi connectivity index (χ3n) is 1.22. The van der Waals surface area contributed by atoms with Crippen molar-refractivity contribution in [3.63, 3.8) is 0 Å². The molecule has 5 nitrogen and oxygen atoms in total. The maximum atomic E-state index is 11.0. The van der Waals surface area contributed by atoms with Crippen molar-refractivity contribution in [1.29, 1.82) is 0 Å². The summed E-state index contributed by atoms with van der Waals surface area (Å²) in [6.07, 6.45) is 0. The number of primary amides is 1. The molecule has 0 aromatic heterocycles. The highest BCUT2D eigenvalue weighted by atomic mass is 35.5. The van der Waals surface area contributed by atoms with Crippen molar-refractivity contribution < 1.29 is 9.66 Å². The Bertz CT molecular complexity index is 365. The molecule has 6 heteroatoms. The summed E-state index contributed by atoms with van der Waals surface area (Å²) in [6.45, 7) is 0. The van der Waals surface area contributed by atoms with E-state index in [2.05, 4.69) is 10.8 Å². The van der Waals surface area contributed by atoms with Crippen LogP contribution in [-0.4, -0.2) is 10.9 Å². The SMILES string of the molecule is NC(=O)N=[N+]([O-])c1cccc(Cl)c1. The Hall–Kier alpha value is -1.62. The van der Waals surface area contributed by atoms with Gasteiger partial charge in [0, 0.05) is 17.2 Å². The first-order valence-corrected chi connectivity index (χ1v) is 3.71. The lowest BCUT2D eigenvalue weighted by Gasteiger charge is -1.97. The number of amides is 2. The van der Waals surface area contributed by atoms with Crippen LogP contribution in [0.3, 0.4) is 0 Å². The number of urea groups is 1. The zero-order valence-electron chi connectivity index (χ0n) is 6.48. The Morgan fingerprint density at radius 1 is 1.62 bits per heavy atom. The van der Waals surface area contributed by atoms with Crippen LogP contribution in [-0.2, 0) is 0 Å². The first-order valence-electron chi connectivity index (χ1n) is 3.33. The third-order valence-corrected chi connectivity index (χ3v) is 1.45. The van der Waals surface area contributed by atoms with Crippen LogP contribution in [0.25, 0.3) is 0 Å². The second-order valence-electron chi connectivity index (χ2n) is 2.19. The second-order valence-corrected chi connectivity index (χ2v) is 2.63. The van der Waals surface area contributed by atoms with Crippen LogP contribution in [0.15, 0.2) is 29.4 Å². The largest absolute Gasteiger partial charge is 0.594 e. The molecule has 0 spiro atoms. The number of benzene rings is 1. The molecule has 0 fully saturated rings. The topological polar surface area (TPSA) is 81.5 Å². The van der Waals surface area contributed by atoms with Crippen LogP contribution in [0.1, 0.15) is 0 Å². The van der Waals surface area contributed by atoms with E-state index < -0.39 is 6.03 Å². The number of nitrogens with two attached hydrogens (primary N) is 1. The van der Waals surface area contributed by atoms with Gasteiger partial charge in [-0.2, -0.15) is 0 Å². The minimum atomic E-state index is -1.05. The predicted molar refractivity (Wildman–Crippen MR) is 46.8 cm³/mol. The van der Waals surface area contributed by atoms with E-state index >= 15 is 0 Å². The first-order chi connectivity index (χ1) is 6.09. The molecule has 1 aromatic carbocycles. The molecule has 2 N–H and O–H groups in total. The molecule has 0 bridgehead atoms. The normalized spacial score (nSPS) is 11.3. The monoisotopic (exact) mass is 199 g/mol. The van der Waals surface area contributed by atoms with Crippen molar-refractivity contribution in [1.82, 2.24) is 0 Å². The molecule has 0 radical (unpaired) electrons. The molecule has 0 aliphatic rings. The molecule has 1 aromatic rings. The van der Waals surface area contributed by atoms with Crippen molar-refractivity contribution in [2.75, 3.05) is 0 Å². The third kappa shape index (κ3) is 2.72. The Balaban J connectivity index is 3.02. The van der Waals surface area contributed by atoms with Gasteiger partial charge >= 0.3 is 6.03 Å². The molecule has 0 saturated carbocycles. The van der Waals surface area contributed by atoms with Crippen LogP contribution in [0, 0.1) is 5.21 Å². The fraction of sp³-hybridized carbons (Fsp3) is 0. The number of nitrogens with zero attached hydrogens (tertiary/aromatic N) is 2. The minimum absolute atomic E-state index is 0.119. The highest BCUT2D eigenvalue weighted by molar-refractivity contribution is 6.30. The standard InChI is InChI=1S/C7H6ClN3O2/c8-5-2-1-3-6(4-5)11(13)10-7(9)12/h1-4H,(H2,9,12). The molecule has 0 unspecified atom stereocenters. The van der Waals surface area contributed by atoms with Gasteiger partial charge in [0.05, 0.1) is 5.11 Å². The number of carbonyl (C=O) groups is 1. The Morgan fingerprint density at radius 3 is 2.85 bits per heavy atom. The van der Waals surface area contributed by atoms with E-state index in [9.17, 15) is 10.0 Å². The van der Waals surface area contributed by atoms with E-state index in [0.717, 1.165) is 0 Å². The fourth-order valence-electron chi connectivity index (χ4n) is 0.742. The maximum absolute atomic E-state index is 11.0. The van der Waals surface area contributed by atoms with E-state index in [1.807, 2.05) is 0 Å². The summed E-state index contributed by atoms with van der Waals surface area (Å²) in [5.74, 6) is 0. The van der Waals surface area contributed by atoms with Gasteiger partial charge in [-0.3, -0.25) is 0 Å². The lowest BCUT2D eigenvalue weighted by molar-refractivity contribution is -0.434. The molecule has 0 aliphatic heterocycles. The summed E-state index contributed by atoms with van der Waals surface area (Å²) in [6, 6.07) is 4.96. The second kappa shape index (κ2) is 3.86. The maximum Gasteiger partial charge on any atom is 0.399 e. The van der Waals surface area contributed by atoms with Crippen molar-refractivity contribution in [3.05, 3.63) is 34.5 Å². The molecular formula is C7H6ClN3O2. The lowest BCUT2D eigenvalue weighted by Crippen LogP contribution is -2.07. The quantitative estimate of drug-likeness (QED) is 0.426. The number of carbonyl (C=O) groups excluding carboxylic acids is 1. The van der Waals surface area contributed by atoms with Gasteiger partial charge in [0.15, 0.2) is 0 Å². The Labute approximate surface area is 79.0 Å². The van der Waals surface area contributed by atoms with E-state index in [1.165, 1.54) is 12.1 Å². The summed E-state index contributed by atoms with van der Waals surface area (Å²) < 4.78 is 0. The van der Waals surface area contributed by atoms with Crippen molar-refractivity contribution in [2.24, 2.45) is 10.8 Å². The average Bonchev–Trinajstić information content (AvgIpc) is 2.03. The summed E-state index contributed by atoms with van der Waals surface area (Å²) in [7, 11) is 0. The zero-order chi connectivity index (χ0) is 9.84. The molecule has 0 saturated heterocycles. The van der Waals surface area contributed by atoms with Crippen molar-refractivity contribution in [2.45, 2.75) is 0 Å². The number of rotatable bonds is 1. The highest BCUT2D eigenvalue weighted by Crippen LogP contribution is 2.17. The molecule has 0 atom stereocenters. The molecule has 0 heterocycles. The average molecular weight is 200 g/mol. The van der Waals surface area contributed by atoms with E-state index in [1.54, 1.807) is 12.1 Å². The zero-order valence-corrected chi connectivity index (χ0v) is 7.23. The van der Waals surface area contributed by atoms with E-state index in [-0.39, 0.29) is 10.5 Å². The number of hydrogen-bond donors (Lipinski definition) is 1. The molecule has 68 valence electrons. The Morgan fingerprint density at radius 2 is 2.31 bits per heavy atom. The predicted octanol–water partition coefficient (Wildman–Crippen LogP) is 2.01. The number of halogens is 1. The minimum Gasteiger partial charge on any atom is -0.594 e. The van der Waals surface area contributed by atoms with Crippen LogP contribution >= 0.6 is 11.6 Å². The van der Waals surface area contributed by atoms with Crippen LogP contribution in [0.4, 0.5) is 10.5 Å². The van der Waals surface area contributed by atoms with Crippen LogP contribution < -0.4 is 5.73 Å². The summed E-state index contributed by atoms with van der Waals surface area (Å²) in [5.41, 5.74) is 4.85. The first kappa shape index (κ1) is 9.47. The number of azo groups is 1. The smallest absolute Gasteiger partial charge is 0.399 e. The van der Waals surface area contributed by atoms with Crippen LogP contribution in [0.5, 0.6) is 0 Å². The van der Waals surface area contributed by atoms with Gasteiger partial charge in [0.25, 0.3) is 0 Å². The summed E-state index contributed by atoms with van der Waals surface area (Å²) >= 11 is 5.60. The van der Waals surface area contributed by atoms with Gasteiger partial charge in [0.2, 0.25) is 5.69 Å². The summed E-state index contributed by atoms with van der Waals surface area (Å²) in [4.78, 5) is 10.4. The Kier molecular flexibility index (Phi) is 2.81. The highest BCUT2D eigenvalue weighted by Gasteiger charge is 2.04. The molecule has 2 amide bonds. The van der Waals surface area contributed by atoms with Gasteiger partial charge < -0.3 is 10.9 Å². The summed E-state index contributed by atoms with van der Waals surface area (Å²) in [5, 5.41) is 14.3. The van der Waals surface area contributed by atoms with Gasteiger partial charge in [-0.25, -0.2) is 4.79 Å².